The Labute approximate surface area is 118 Å². The predicted molar refractivity (Wildman–Crippen MR) is 76.1 cm³/mol. The summed E-state index contributed by atoms with van der Waals surface area (Å²) in [4.78, 5) is 12.4. The second kappa shape index (κ2) is 5.76. The van der Waals surface area contributed by atoms with Crippen molar-refractivity contribution in [3.05, 3.63) is 33.9 Å². The van der Waals surface area contributed by atoms with E-state index in [1.54, 1.807) is 6.07 Å². The first-order chi connectivity index (χ1) is 9.39. The van der Waals surface area contributed by atoms with Gasteiger partial charge >= 0.3 is 0 Å². The Morgan fingerprint density at radius 2 is 2.05 bits per heavy atom. The molecule has 1 aromatic rings. The average Bonchev–Trinajstić information content (AvgIpc) is 2.38. The van der Waals surface area contributed by atoms with E-state index in [4.69, 9.17) is 4.74 Å². The first-order valence-corrected chi connectivity index (χ1v) is 6.67. The highest BCUT2D eigenvalue weighted by molar-refractivity contribution is 5.55. The van der Waals surface area contributed by atoms with Crippen LogP contribution in [0.15, 0.2) is 18.2 Å². The van der Waals surface area contributed by atoms with Gasteiger partial charge in [0.25, 0.3) is 5.69 Å². The van der Waals surface area contributed by atoms with Crippen molar-refractivity contribution >= 4 is 11.4 Å². The highest BCUT2D eigenvalue weighted by Gasteiger charge is 2.31. The summed E-state index contributed by atoms with van der Waals surface area (Å²) in [5.74, 6) is 0. The number of non-ortho nitro benzene ring substituents is 1. The smallest absolute Gasteiger partial charge is 0.271 e. The van der Waals surface area contributed by atoms with Gasteiger partial charge < -0.3 is 14.7 Å². The first kappa shape index (κ1) is 14.7. The highest BCUT2D eigenvalue weighted by atomic mass is 16.6. The molecule has 110 valence electrons. The molecule has 2 rings (SSSR count). The lowest BCUT2D eigenvalue weighted by molar-refractivity contribution is -0.384. The molecule has 6 nitrogen and oxygen atoms in total. The van der Waals surface area contributed by atoms with E-state index < -0.39 is 10.5 Å². The van der Waals surface area contributed by atoms with E-state index in [1.165, 1.54) is 6.07 Å². The number of ether oxygens (including phenoxy) is 1. The van der Waals surface area contributed by atoms with Gasteiger partial charge in [0.05, 0.1) is 10.5 Å². The van der Waals surface area contributed by atoms with Gasteiger partial charge in [0, 0.05) is 57.5 Å². The number of nitrogens with zero attached hydrogens (tertiary/aromatic N) is 2. The van der Waals surface area contributed by atoms with Gasteiger partial charge in [-0.2, -0.15) is 0 Å². The van der Waals surface area contributed by atoms with E-state index in [2.05, 4.69) is 0 Å². The van der Waals surface area contributed by atoms with Gasteiger partial charge in [-0.3, -0.25) is 10.1 Å². The van der Waals surface area contributed by atoms with Crippen LogP contribution in [0.2, 0.25) is 0 Å². The largest absolute Gasteiger partial charge is 0.388 e. The lowest BCUT2D eigenvalue weighted by Gasteiger charge is -2.36. The van der Waals surface area contributed by atoms with Gasteiger partial charge in [-0.15, -0.1) is 0 Å². The van der Waals surface area contributed by atoms with Crippen LogP contribution in [0.4, 0.5) is 11.4 Å². The van der Waals surface area contributed by atoms with E-state index in [0.29, 0.717) is 32.6 Å². The summed E-state index contributed by atoms with van der Waals surface area (Å²) in [6.45, 7) is 3.38. The first-order valence-electron chi connectivity index (χ1n) is 6.67. The Morgan fingerprint density at radius 1 is 1.40 bits per heavy atom. The molecule has 6 heteroatoms. The van der Waals surface area contributed by atoms with Gasteiger partial charge in [-0.25, -0.2) is 0 Å². The van der Waals surface area contributed by atoms with Crippen molar-refractivity contribution in [2.24, 2.45) is 0 Å². The van der Waals surface area contributed by atoms with E-state index in [-0.39, 0.29) is 5.69 Å². The molecule has 1 fully saturated rings. The van der Waals surface area contributed by atoms with Gasteiger partial charge in [-0.1, -0.05) is 0 Å². The number of benzene rings is 1. The molecule has 0 aromatic heterocycles. The average molecular weight is 280 g/mol. The van der Waals surface area contributed by atoms with Crippen molar-refractivity contribution in [3.63, 3.8) is 0 Å². The third kappa shape index (κ3) is 3.46. The Bertz CT molecular complexity index is 498. The molecule has 0 amide bonds. The fraction of sp³-hybridized carbons (Fsp3) is 0.571. The van der Waals surface area contributed by atoms with Crippen LogP contribution < -0.4 is 4.90 Å². The molecule has 0 saturated carbocycles. The molecule has 0 unspecified atom stereocenters. The van der Waals surface area contributed by atoms with Crippen LogP contribution in [0.1, 0.15) is 18.4 Å². The van der Waals surface area contributed by atoms with Gasteiger partial charge in [-0.05, 0) is 18.6 Å². The zero-order valence-electron chi connectivity index (χ0n) is 11.8. The number of likely N-dealkylation sites (N-methyl/N-ethyl adjacent to an activating group) is 1. The van der Waals surface area contributed by atoms with Gasteiger partial charge in [0.15, 0.2) is 0 Å². The number of nitro benzene ring substituents is 1. The third-order valence-electron chi connectivity index (χ3n) is 3.65. The molecule has 1 saturated heterocycles. The number of hydrogen-bond donors (Lipinski definition) is 1. The topological polar surface area (TPSA) is 75.8 Å². The maximum absolute atomic E-state index is 10.9. The molecule has 0 bridgehead atoms. The van der Waals surface area contributed by atoms with Crippen LogP contribution in [0.25, 0.3) is 0 Å². The van der Waals surface area contributed by atoms with Crippen LogP contribution in [-0.2, 0) is 4.74 Å². The Hall–Kier alpha value is -1.66. The normalized spacial score (nSPS) is 17.8. The summed E-state index contributed by atoms with van der Waals surface area (Å²) in [7, 11) is 1.84. The Morgan fingerprint density at radius 3 is 2.65 bits per heavy atom. The number of aryl methyl sites for hydroxylation is 1. The minimum Gasteiger partial charge on any atom is -0.388 e. The third-order valence-corrected chi connectivity index (χ3v) is 3.65. The van der Waals surface area contributed by atoms with Gasteiger partial charge in [0.1, 0.15) is 0 Å². The number of aliphatic hydroxyl groups is 1. The van der Waals surface area contributed by atoms with Crippen LogP contribution in [-0.4, -0.2) is 42.4 Å². The number of anilines is 1. The highest BCUT2D eigenvalue weighted by Crippen LogP contribution is 2.27. The number of hydrogen-bond acceptors (Lipinski definition) is 5. The van der Waals surface area contributed by atoms with E-state index in [1.807, 2.05) is 24.9 Å². The van der Waals surface area contributed by atoms with Crippen LogP contribution in [0, 0.1) is 17.0 Å². The monoisotopic (exact) mass is 280 g/mol. The summed E-state index contributed by atoms with van der Waals surface area (Å²) in [5, 5.41) is 21.4. The standard InChI is InChI=1S/C14H20N2O4/c1-11-7-12(9-13(8-11)16(18)19)15(2)10-14(17)3-5-20-6-4-14/h7-9,17H,3-6,10H2,1-2H3. The van der Waals surface area contributed by atoms with E-state index in [0.717, 1.165) is 11.3 Å². The maximum atomic E-state index is 10.9. The van der Waals surface area contributed by atoms with Crippen LogP contribution in [0.3, 0.4) is 0 Å². The second-order valence-electron chi connectivity index (χ2n) is 5.48. The molecule has 0 aliphatic carbocycles. The van der Waals surface area contributed by atoms with Crippen LogP contribution >= 0.6 is 0 Å². The molecule has 0 atom stereocenters. The summed E-state index contributed by atoms with van der Waals surface area (Å²) >= 11 is 0. The lowest BCUT2D eigenvalue weighted by Crippen LogP contribution is -2.45. The lowest BCUT2D eigenvalue weighted by atomic mass is 9.93. The molecular weight excluding hydrogens is 260 g/mol. The van der Waals surface area contributed by atoms with Crippen molar-refractivity contribution in [2.45, 2.75) is 25.4 Å². The fourth-order valence-electron chi connectivity index (χ4n) is 2.51. The van der Waals surface area contributed by atoms with Crippen molar-refractivity contribution in [2.75, 3.05) is 31.7 Å². The van der Waals surface area contributed by atoms with E-state index >= 15 is 0 Å². The zero-order chi connectivity index (χ0) is 14.8. The summed E-state index contributed by atoms with van der Waals surface area (Å²) in [6.07, 6.45) is 1.18. The molecule has 1 aliphatic rings. The molecule has 20 heavy (non-hydrogen) atoms. The van der Waals surface area contributed by atoms with E-state index in [9.17, 15) is 15.2 Å². The SMILES string of the molecule is Cc1cc(N(C)CC2(O)CCOCC2)cc([N+](=O)[O-])c1. The fourth-order valence-corrected chi connectivity index (χ4v) is 2.51. The minimum atomic E-state index is -0.786. The second-order valence-corrected chi connectivity index (χ2v) is 5.48. The van der Waals surface area contributed by atoms with Crippen molar-refractivity contribution in [3.8, 4) is 0 Å². The molecule has 1 N–H and O–H groups in total. The molecule has 0 spiro atoms. The summed E-state index contributed by atoms with van der Waals surface area (Å²) in [5.41, 5.74) is 0.869. The van der Waals surface area contributed by atoms with Crippen molar-refractivity contribution in [1.29, 1.82) is 0 Å². The zero-order valence-corrected chi connectivity index (χ0v) is 11.8. The van der Waals surface area contributed by atoms with Gasteiger partial charge in [0.2, 0.25) is 0 Å². The Kier molecular flexibility index (Phi) is 4.25. The summed E-state index contributed by atoms with van der Waals surface area (Å²) < 4.78 is 5.25. The summed E-state index contributed by atoms with van der Waals surface area (Å²) in [6, 6.07) is 4.96. The minimum absolute atomic E-state index is 0.0748. The molecule has 0 radical (unpaired) electrons. The van der Waals surface area contributed by atoms with Crippen molar-refractivity contribution in [1.82, 2.24) is 0 Å². The molecular formula is C14H20N2O4. The maximum Gasteiger partial charge on any atom is 0.271 e. The van der Waals surface area contributed by atoms with Crippen LogP contribution in [0.5, 0.6) is 0 Å². The predicted octanol–water partition coefficient (Wildman–Crippen LogP) is 1.88. The quantitative estimate of drug-likeness (QED) is 0.673. The molecule has 1 heterocycles. The molecule has 1 aliphatic heterocycles. The number of rotatable bonds is 4. The van der Waals surface area contributed by atoms with Crippen molar-refractivity contribution < 1.29 is 14.8 Å². The number of nitro groups is 1. The molecule has 1 aromatic carbocycles. The Balaban J connectivity index is 2.16.